The molecule has 0 aliphatic carbocycles. The van der Waals surface area contributed by atoms with Gasteiger partial charge in [0.2, 0.25) is 0 Å². The molecule has 0 radical (unpaired) electrons. The van der Waals surface area contributed by atoms with Crippen molar-refractivity contribution in [3.63, 3.8) is 0 Å². The monoisotopic (exact) mass is 349 g/mol. The average molecular weight is 350 g/mol. The van der Waals surface area contributed by atoms with E-state index in [2.05, 4.69) is 68.9 Å². The molecule has 2 aromatic heterocycles. The second kappa shape index (κ2) is 5.68. The number of hydrogen-bond donors (Lipinski definition) is 1. The average Bonchev–Trinajstić information content (AvgIpc) is 2.89. The zero-order valence-electron chi connectivity index (χ0n) is 11.5. The molecule has 0 aliphatic rings. The lowest BCUT2D eigenvalue weighted by Gasteiger charge is -2.07. The zero-order chi connectivity index (χ0) is 14.1. The fourth-order valence-electron chi connectivity index (χ4n) is 2.28. The summed E-state index contributed by atoms with van der Waals surface area (Å²) in [4.78, 5) is 6.98. The first-order valence-electron chi connectivity index (χ1n) is 6.53. The van der Waals surface area contributed by atoms with Gasteiger partial charge in [0.25, 0.3) is 0 Å². The Labute approximate surface area is 130 Å². The molecule has 0 saturated carbocycles. The Morgan fingerprint density at radius 3 is 2.85 bits per heavy atom. The summed E-state index contributed by atoms with van der Waals surface area (Å²) < 4.78 is 3.34. The van der Waals surface area contributed by atoms with Gasteiger partial charge in [-0.15, -0.1) is 11.3 Å². The Morgan fingerprint density at radius 1 is 1.25 bits per heavy atom. The lowest BCUT2D eigenvalue weighted by Crippen LogP contribution is -2.15. The first-order chi connectivity index (χ1) is 9.65. The third-order valence-electron chi connectivity index (χ3n) is 3.31. The van der Waals surface area contributed by atoms with Crippen LogP contribution < -0.4 is 5.32 Å². The number of hydrogen-bond acceptors (Lipinski definition) is 3. The highest BCUT2D eigenvalue weighted by atomic mass is 79.9. The molecule has 20 heavy (non-hydrogen) atoms. The van der Waals surface area contributed by atoms with Crippen molar-refractivity contribution in [1.82, 2.24) is 14.7 Å². The van der Waals surface area contributed by atoms with E-state index in [0.717, 1.165) is 28.2 Å². The number of imidazole rings is 1. The van der Waals surface area contributed by atoms with Crippen LogP contribution in [0.3, 0.4) is 0 Å². The zero-order valence-corrected chi connectivity index (χ0v) is 13.9. The summed E-state index contributed by atoms with van der Waals surface area (Å²) >= 11 is 5.31. The van der Waals surface area contributed by atoms with Gasteiger partial charge < -0.3 is 5.32 Å². The molecular formula is C15H16BrN3S. The number of nitrogens with one attached hydrogen (secondary N) is 1. The number of thiazole rings is 1. The molecule has 0 amide bonds. The Hall–Kier alpha value is -1.17. The van der Waals surface area contributed by atoms with Crippen LogP contribution in [0.2, 0.25) is 0 Å². The van der Waals surface area contributed by atoms with Crippen LogP contribution in [0.15, 0.2) is 34.9 Å². The van der Waals surface area contributed by atoms with Crippen LogP contribution in [0.25, 0.3) is 4.96 Å². The van der Waals surface area contributed by atoms with E-state index in [4.69, 9.17) is 0 Å². The van der Waals surface area contributed by atoms with Gasteiger partial charge in [-0.2, -0.15) is 0 Å². The van der Waals surface area contributed by atoms with Crippen LogP contribution in [-0.2, 0) is 13.1 Å². The van der Waals surface area contributed by atoms with Gasteiger partial charge in [-0.25, -0.2) is 4.98 Å². The van der Waals surface area contributed by atoms with Crippen LogP contribution in [-0.4, -0.2) is 9.38 Å². The van der Waals surface area contributed by atoms with E-state index in [1.807, 2.05) is 6.07 Å². The standard InChI is InChI=1S/C15H16BrN3S/c1-10-9-19-14(11(2)18-15(19)20-10)8-17-7-12-5-3-4-6-13(12)16/h3-6,9,17H,7-8H2,1-2H3. The third kappa shape index (κ3) is 2.66. The molecule has 1 aromatic carbocycles. The SMILES string of the molecule is Cc1cn2c(CNCc3ccccc3Br)c(C)nc2s1. The Balaban J connectivity index is 1.74. The molecule has 2 heterocycles. The number of rotatable bonds is 4. The molecule has 5 heteroatoms. The molecule has 1 N–H and O–H groups in total. The van der Waals surface area contributed by atoms with Crippen molar-refractivity contribution in [3.05, 3.63) is 56.8 Å². The quantitative estimate of drug-likeness (QED) is 0.769. The van der Waals surface area contributed by atoms with Crippen LogP contribution in [0.5, 0.6) is 0 Å². The molecule has 3 aromatic rings. The second-order valence-corrected chi connectivity index (χ2v) is 6.90. The maximum atomic E-state index is 4.61. The fraction of sp³-hybridized carbons (Fsp3) is 0.267. The van der Waals surface area contributed by atoms with Crippen molar-refractivity contribution in [3.8, 4) is 0 Å². The van der Waals surface area contributed by atoms with Crippen molar-refractivity contribution in [2.75, 3.05) is 0 Å². The number of halogens is 1. The summed E-state index contributed by atoms with van der Waals surface area (Å²) in [6, 6.07) is 8.30. The van der Waals surface area contributed by atoms with E-state index in [9.17, 15) is 0 Å². The van der Waals surface area contributed by atoms with Crippen molar-refractivity contribution >= 4 is 32.2 Å². The summed E-state index contributed by atoms with van der Waals surface area (Å²) in [6.07, 6.45) is 2.16. The van der Waals surface area contributed by atoms with Crippen molar-refractivity contribution < 1.29 is 0 Å². The van der Waals surface area contributed by atoms with E-state index in [-0.39, 0.29) is 0 Å². The summed E-state index contributed by atoms with van der Waals surface area (Å²) in [5.41, 5.74) is 3.62. The summed E-state index contributed by atoms with van der Waals surface area (Å²) in [5, 5.41) is 3.50. The Bertz CT molecular complexity index is 745. The largest absolute Gasteiger partial charge is 0.307 e. The van der Waals surface area contributed by atoms with Gasteiger partial charge in [0.05, 0.1) is 11.4 Å². The van der Waals surface area contributed by atoms with Crippen molar-refractivity contribution in [1.29, 1.82) is 0 Å². The summed E-state index contributed by atoms with van der Waals surface area (Å²) in [6.45, 7) is 5.86. The molecule has 0 aliphatic heterocycles. The first-order valence-corrected chi connectivity index (χ1v) is 8.14. The number of fused-ring (bicyclic) bond motifs is 1. The molecular weight excluding hydrogens is 334 g/mol. The third-order valence-corrected chi connectivity index (χ3v) is 4.98. The van der Waals surface area contributed by atoms with Gasteiger partial charge in [-0.3, -0.25) is 4.40 Å². The van der Waals surface area contributed by atoms with Gasteiger partial charge in [0.1, 0.15) is 0 Å². The maximum Gasteiger partial charge on any atom is 0.194 e. The second-order valence-electron chi connectivity index (χ2n) is 4.83. The van der Waals surface area contributed by atoms with Crippen molar-refractivity contribution in [2.24, 2.45) is 0 Å². The van der Waals surface area contributed by atoms with Crippen LogP contribution in [0.4, 0.5) is 0 Å². The molecule has 0 atom stereocenters. The predicted molar refractivity (Wildman–Crippen MR) is 87.2 cm³/mol. The number of aryl methyl sites for hydroxylation is 2. The summed E-state index contributed by atoms with van der Waals surface area (Å²) in [7, 11) is 0. The number of nitrogens with zero attached hydrogens (tertiary/aromatic N) is 2. The highest BCUT2D eigenvalue weighted by molar-refractivity contribution is 9.10. The van der Waals surface area contributed by atoms with E-state index >= 15 is 0 Å². The highest BCUT2D eigenvalue weighted by Crippen LogP contribution is 2.21. The number of aromatic nitrogens is 2. The van der Waals surface area contributed by atoms with Crippen LogP contribution >= 0.6 is 27.3 Å². The van der Waals surface area contributed by atoms with Crippen LogP contribution in [0.1, 0.15) is 21.8 Å². The molecule has 3 nitrogen and oxygen atoms in total. The van der Waals surface area contributed by atoms with Gasteiger partial charge in [0, 0.05) is 28.6 Å². The van der Waals surface area contributed by atoms with Gasteiger partial charge >= 0.3 is 0 Å². The topological polar surface area (TPSA) is 29.3 Å². The Morgan fingerprint density at radius 2 is 2.05 bits per heavy atom. The Kier molecular flexibility index (Phi) is 3.92. The van der Waals surface area contributed by atoms with E-state index in [0.29, 0.717) is 0 Å². The first kappa shape index (κ1) is 13.8. The molecule has 104 valence electrons. The van der Waals surface area contributed by atoms with Crippen LogP contribution in [0, 0.1) is 13.8 Å². The lowest BCUT2D eigenvalue weighted by atomic mass is 10.2. The van der Waals surface area contributed by atoms with E-state index < -0.39 is 0 Å². The molecule has 0 spiro atoms. The smallest absolute Gasteiger partial charge is 0.194 e. The lowest BCUT2D eigenvalue weighted by molar-refractivity contribution is 0.671. The predicted octanol–water partition coefficient (Wildman–Crippen LogP) is 4.06. The van der Waals surface area contributed by atoms with Gasteiger partial charge in [-0.1, -0.05) is 34.1 Å². The van der Waals surface area contributed by atoms with E-state index in [1.54, 1.807) is 11.3 Å². The molecule has 0 bridgehead atoms. The fourth-order valence-corrected chi connectivity index (χ4v) is 3.59. The maximum absolute atomic E-state index is 4.61. The van der Waals surface area contributed by atoms with Crippen molar-refractivity contribution in [2.45, 2.75) is 26.9 Å². The van der Waals surface area contributed by atoms with E-state index in [1.165, 1.54) is 16.1 Å². The van der Waals surface area contributed by atoms with Gasteiger partial charge in [0.15, 0.2) is 4.96 Å². The minimum absolute atomic E-state index is 0.824. The normalized spacial score (nSPS) is 11.3. The minimum Gasteiger partial charge on any atom is -0.307 e. The minimum atomic E-state index is 0.824. The number of benzene rings is 1. The summed E-state index contributed by atoms with van der Waals surface area (Å²) in [5.74, 6) is 0. The highest BCUT2D eigenvalue weighted by Gasteiger charge is 2.10. The molecule has 0 saturated heterocycles. The van der Waals surface area contributed by atoms with Gasteiger partial charge in [-0.05, 0) is 25.5 Å². The molecule has 3 rings (SSSR count). The molecule has 0 fully saturated rings. The molecule has 0 unspecified atom stereocenters.